The topological polar surface area (TPSA) is 125 Å². The second-order valence-electron chi connectivity index (χ2n) is 11.9. The molecule has 8 rings (SSSR count). The van der Waals surface area contributed by atoms with Crippen molar-refractivity contribution in [3.05, 3.63) is 82.1 Å². The maximum atomic E-state index is 4.94. The van der Waals surface area contributed by atoms with Crippen LogP contribution in [-0.2, 0) is 54.2 Å². The summed E-state index contributed by atoms with van der Waals surface area (Å²) in [7, 11) is -3.27. The van der Waals surface area contributed by atoms with Gasteiger partial charge in [0.2, 0.25) is 0 Å². The third-order valence-electron chi connectivity index (χ3n) is 8.05. The molecule has 0 amide bonds. The molecule has 0 radical (unpaired) electrons. The van der Waals surface area contributed by atoms with E-state index in [4.69, 9.17) is 9.47 Å². The maximum absolute atomic E-state index is 4.94. The zero-order chi connectivity index (χ0) is 44.3. The molecule has 36 heteroatoms. The molecule has 0 unspecified atom stereocenters. The summed E-state index contributed by atoms with van der Waals surface area (Å²) >= 11 is 63.2. The molecule has 0 spiro atoms. The normalized spacial score (nSPS) is 13.4. The first-order valence-corrected chi connectivity index (χ1v) is 30.6. The van der Waals surface area contributed by atoms with Crippen molar-refractivity contribution in [2.45, 2.75) is 25.7 Å². The molecule has 2 saturated heterocycles. The molecule has 14 nitrogen and oxygen atoms in total. The molecule has 2 aliphatic heterocycles. The van der Waals surface area contributed by atoms with E-state index in [0.29, 0.717) is 27.6 Å². The number of halogens is 18. The summed E-state index contributed by atoms with van der Waals surface area (Å²) in [6.45, 7) is 4.00. The number of nitrogens with zero attached hydrogens (tertiary/aromatic N) is 12. The van der Waals surface area contributed by atoms with Gasteiger partial charge in [0.05, 0.1) is 54.5 Å². The number of hydrogen-bond acceptors (Lipinski definition) is 8. The van der Waals surface area contributed by atoms with Crippen molar-refractivity contribution in [2.75, 3.05) is 26.4 Å². The predicted molar refractivity (Wildman–Crippen MR) is 299 cm³/mol. The summed E-state index contributed by atoms with van der Waals surface area (Å²) in [4.78, 5) is 0. The van der Waals surface area contributed by atoms with Crippen LogP contribution in [0.2, 0.25) is 0 Å². The Morgan fingerprint density at radius 1 is 0.290 bits per heavy atom. The summed E-state index contributed by atoms with van der Waals surface area (Å²) in [6, 6.07) is 0. The molecule has 0 N–H and O–H groups in total. The van der Waals surface area contributed by atoms with Crippen LogP contribution in [0.5, 0.6) is 0 Å². The van der Waals surface area contributed by atoms with Crippen molar-refractivity contribution >= 4 is 301 Å². The Kier molecular flexibility index (Phi) is 28.6. The van der Waals surface area contributed by atoms with Crippen LogP contribution in [-0.4, -0.2) is 98.8 Å². The van der Waals surface area contributed by atoms with Gasteiger partial charge in [0.25, 0.3) is 0 Å². The van der Waals surface area contributed by atoms with Crippen LogP contribution in [0.15, 0.2) is 82.1 Å². The first kappa shape index (κ1) is 61.7. The van der Waals surface area contributed by atoms with E-state index >= 15 is 0 Å². The molecule has 8 heterocycles. The van der Waals surface area contributed by atoms with E-state index in [1.54, 1.807) is 27.6 Å². The Morgan fingerprint density at radius 3 is 0.516 bits per heavy atom. The van der Waals surface area contributed by atoms with E-state index < -0.39 is 14.2 Å². The maximum Gasteiger partial charge on any atom is 1.00 e. The molecule has 0 bridgehead atoms. The number of aromatic nitrogens is 12. The van der Waals surface area contributed by atoms with Crippen LogP contribution in [0.25, 0.3) is 0 Å². The largest absolute Gasteiger partial charge is 1.00 e. The van der Waals surface area contributed by atoms with Gasteiger partial charge in [0.15, 0.2) is 0 Å². The smallest absolute Gasteiger partial charge is 0.389 e. The zero-order valence-corrected chi connectivity index (χ0v) is 61.2. The number of hydrogen-bond donors (Lipinski definition) is 0. The van der Waals surface area contributed by atoms with Crippen molar-refractivity contribution in [1.29, 1.82) is 0 Å². The minimum absolute atomic E-state index is 0. The van der Waals surface area contributed by atoms with E-state index in [9.17, 15) is 0 Å². The van der Waals surface area contributed by atoms with Gasteiger partial charge in [-0.15, -0.1) is 0 Å². The van der Waals surface area contributed by atoms with Crippen LogP contribution in [0.4, 0.5) is 0 Å². The van der Waals surface area contributed by atoms with Gasteiger partial charge in [-0.1, -0.05) is 0 Å². The Hall–Kier alpha value is 5.43. The Bertz CT molecular complexity index is 2040. The van der Waals surface area contributed by atoms with Gasteiger partial charge < -0.3 is 37.0 Å². The Balaban J connectivity index is 0.000000262. The van der Waals surface area contributed by atoms with Crippen LogP contribution in [0.3, 0.4) is 0 Å². The average molecular weight is 2210 g/mol. The molecular formula is C26H18Ag2B2Br18N12O2. The van der Waals surface area contributed by atoms with E-state index in [-0.39, 0.29) is 44.8 Å². The third kappa shape index (κ3) is 14.8. The van der Waals surface area contributed by atoms with Crippen molar-refractivity contribution in [1.82, 2.24) is 58.1 Å². The molecule has 6 aromatic heterocycles. The van der Waals surface area contributed by atoms with Crippen molar-refractivity contribution in [2.24, 2.45) is 0 Å². The van der Waals surface area contributed by atoms with E-state index in [2.05, 4.69) is 317 Å². The van der Waals surface area contributed by atoms with Gasteiger partial charge in [0.1, 0.15) is 27.6 Å². The van der Waals surface area contributed by atoms with E-state index in [1.165, 1.54) is 25.7 Å². The first-order chi connectivity index (χ1) is 28.3. The molecule has 2 fully saturated rings. The standard InChI is InChI=1S/2C9HBBr9N6.2C4H8O.2Ag/c2*11-1-4(14)20-23(7(1)17)10(24-8(18)2(12)5(15)21-24)25-9(19)3(13)6(16)22-25;2*1-2-4-5-3-1;;/h2*10H;2*1-4H2;;/q2*-1;;;2*+1. The fourth-order valence-corrected chi connectivity index (χ4v) is 13.8. The molecule has 0 aromatic carbocycles. The van der Waals surface area contributed by atoms with Crippen LogP contribution in [0.1, 0.15) is 25.7 Å². The SMILES string of the molecule is Brc1nn([BH-](n2nc(Br)c(Br)c2Br)n2nc(Br)c(Br)c2Br)c(Br)c1Br.Brc1nn([BH-](n2nc(Br)c(Br)c2Br)n2nc(Br)c(Br)c2Br)c(Br)c1Br.C1CCOC1.C1CCOC1.[Ag+].[Ag+]. The average Bonchev–Trinajstić information content (AvgIpc) is 4.14. The second-order valence-corrected chi connectivity index (χ2v) is 25.6. The summed E-state index contributed by atoms with van der Waals surface area (Å²) in [5, 5.41) is 27.4. The Labute approximate surface area is 537 Å². The summed E-state index contributed by atoms with van der Waals surface area (Å²) in [5.41, 5.74) is 0. The fourth-order valence-electron chi connectivity index (χ4n) is 5.26. The van der Waals surface area contributed by atoms with Gasteiger partial charge >= 0.3 is 59.0 Å². The van der Waals surface area contributed by atoms with Crippen molar-refractivity contribution in [3.8, 4) is 0 Å². The van der Waals surface area contributed by atoms with Crippen LogP contribution >= 0.6 is 287 Å². The minimum Gasteiger partial charge on any atom is -0.389 e. The zero-order valence-electron chi connectivity index (χ0n) is 29.7. The van der Waals surface area contributed by atoms with Gasteiger partial charge in [-0.05, 0) is 312 Å². The van der Waals surface area contributed by atoms with Gasteiger partial charge in [-0.25, -0.2) is 30.6 Å². The first-order valence-electron chi connectivity index (χ1n) is 16.3. The summed E-state index contributed by atoms with van der Waals surface area (Å²) < 4.78 is 34.0. The second kappa shape index (κ2) is 28.8. The molecule has 348 valence electrons. The van der Waals surface area contributed by atoms with Crippen molar-refractivity contribution < 1.29 is 54.2 Å². The third-order valence-corrected chi connectivity index (χ3v) is 27.1. The van der Waals surface area contributed by atoms with E-state index in [0.717, 1.165) is 80.9 Å². The molecule has 0 aliphatic carbocycles. The number of ether oxygens (including phenoxy) is 2. The monoisotopic (exact) mass is 2190 g/mol. The fraction of sp³-hybridized carbons (Fsp3) is 0.308. The van der Waals surface area contributed by atoms with Crippen molar-refractivity contribution in [3.63, 3.8) is 0 Å². The minimum atomic E-state index is -1.64. The van der Waals surface area contributed by atoms with E-state index in [1.807, 2.05) is 0 Å². The van der Waals surface area contributed by atoms with Gasteiger partial charge in [-0.2, -0.15) is 0 Å². The van der Waals surface area contributed by atoms with Crippen LogP contribution in [0, 0.1) is 0 Å². The quantitative estimate of drug-likeness (QED) is 0.151. The Morgan fingerprint density at radius 2 is 0.435 bits per heavy atom. The molecule has 0 saturated carbocycles. The molecule has 6 aromatic rings. The summed E-state index contributed by atoms with van der Waals surface area (Å²) in [6.07, 6.45) is 5.11. The molecule has 2 aliphatic rings. The van der Waals surface area contributed by atoms with Crippen LogP contribution < -0.4 is 0 Å². The molecule has 62 heavy (non-hydrogen) atoms. The molecular weight excluding hydrogens is 2190 g/mol. The van der Waals surface area contributed by atoms with Gasteiger partial charge in [-0.3, -0.25) is 0 Å². The van der Waals surface area contributed by atoms with Gasteiger partial charge in [0, 0.05) is 26.4 Å². The predicted octanol–water partition coefficient (Wildman–Crippen LogP) is 15.2. The number of rotatable bonds is 6. The molecule has 0 atom stereocenters. The summed E-state index contributed by atoms with van der Waals surface area (Å²) in [5.74, 6) is 0.